The lowest BCUT2D eigenvalue weighted by atomic mass is 9.93. The first-order chi connectivity index (χ1) is 7.11. The van der Waals surface area contributed by atoms with Crippen LogP contribution in [0.25, 0.3) is 0 Å². The average Bonchev–Trinajstić information content (AvgIpc) is 2.73. The molecule has 1 aliphatic heterocycles. The van der Waals surface area contributed by atoms with Crippen molar-refractivity contribution >= 4 is 0 Å². The molecule has 3 nitrogen and oxygen atoms in total. The molecule has 3 aliphatic rings. The number of rotatable bonds is 1. The Balaban J connectivity index is 1.84. The highest BCUT2D eigenvalue weighted by Gasteiger charge is 2.55. The van der Waals surface area contributed by atoms with Crippen molar-refractivity contribution in [3.8, 4) is 0 Å². The van der Waals surface area contributed by atoms with E-state index in [0.717, 1.165) is 18.4 Å². The van der Waals surface area contributed by atoms with Crippen LogP contribution < -0.4 is 0 Å². The third kappa shape index (κ3) is 1.37. The number of aliphatic hydroxyl groups excluding tert-OH is 1. The number of allylic oxidation sites excluding steroid dienone is 1. The first-order valence-corrected chi connectivity index (χ1v) is 5.76. The number of ether oxygens (including phenoxy) is 2. The van der Waals surface area contributed by atoms with Gasteiger partial charge >= 0.3 is 0 Å². The highest BCUT2D eigenvalue weighted by Crippen LogP contribution is 2.51. The molecule has 1 N–H and O–H groups in total. The Bertz CT molecular complexity index is 308. The fourth-order valence-electron chi connectivity index (χ4n) is 3.43. The van der Waals surface area contributed by atoms with Gasteiger partial charge in [0.2, 0.25) is 0 Å². The molecule has 0 bridgehead atoms. The van der Waals surface area contributed by atoms with E-state index in [1.165, 1.54) is 0 Å². The first-order valence-electron chi connectivity index (χ1n) is 5.76. The van der Waals surface area contributed by atoms with Gasteiger partial charge in [-0.05, 0) is 38.2 Å². The van der Waals surface area contributed by atoms with Crippen molar-refractivity contribution in [3.63, 3.8) is 0 Å². The van der Waals surface area contributed by atoms with E-state index in [1.807, 2.05) is 13.8 Å². The van der Waals surface area contributed by atoms with Gasteiger partial charge < -0.3 is 14.6 Å². The standard InChI is InChI=1S/C12H18O3/c1-12(2)14-9-5-7-3-4-8(6-13)10(7)11(9)15-12/h4,7,9-11,13H,3,5-6H2,1-2H3/t7-,9-,10+,11-/m1/s1. The molecule has 3 rings (SSSR count). The van der Waals surface area contributed by atoms with Crippen LogP contribution in [0.4, 0.5) is 0 Å². The molecule has 1 heterocycles. The molecule has 3 heteroatoms. The molecule has 0 radical (unpaired) electrons. The molecule has 0 aromatic heterocycles. The molecule has 2 aliphatic carbocycles. The summed E-state index contributed by atoms with van der Waals surface area (Å²) in [4.78, 5) is 0. The molecule has 0 aromatic rings. The minimum absolute atomic E-state index is 0.172. The highest BCUT2D eigenvalue weighted by atomic mass is 16.8. The fraction of sp³-hybridized carbons (Fsp3) is 0.833. The van der Waals surface area contributed by atoms with Crippen molar-refractivity contribution in [1.82, 2.24) is 0 Å². The number of aliphatic hydroxyl groups is 1. The summed E-state index contributed by atoms with van der Waals surface area (Å²) in [6, 6.07) is 0. The fourth-order valence-corrected chi connectivity index (χ4v) is 3.43. The third-order valence-electron chi connectivity index (χ3n) is 3.91. The SMILES string of the molecule is CC1(C)O[C@H]2[C@@H]3C(CO)=CC[C@@H]3C[C@H]2O1. The smallest absolute Gasteiger partial charge is 0.163 e. The normalized spacial score (nSPS) is 46.5. The van der Waals surface area contributed by atoms with Gasteiger partial charge in [0.15, 0.2) is 5.79 Å². The second-order valence-electron chi connectivity index (χ2n) is 5.33. The number of hydrogen-bond acceptors (Lipinski definition) is 3. The summed E-state index contributed by atoms with van der Waals surface area (Å²) in [5.74, 6) is 0.601. The summed E-state index contributed by atoms with van der Waals surface area (Å²) >= 11 is 0. The van der Waals surface area contributed by atoms with Crippen LogP contribution in [-0.2, 0) is 9.47 Å². The minimum Gasteiger partial charge on any atom is -0.392 e. The van der Waals surface area contributed by atoms with E-state index in [4.69, 9.17) is 9.47 Å². The van der Waals surface area contributed by atoms with Gasteiger partial charge in [-0.1, -0.05) is 6.08 Å². The lowest BCUT2D eigenvalue weighted by Crippen LogP contribution is -2.28. The average molecular weight is 210 g/mol. The molecular formula is C12H18O3. The van der Waals surface area contributed by atoms with Gasteiger partial charge in [-0.25, -0.2) is 0 Å². The Labute approximate surface area is 90.1 Å². The Hall–Kier alpha value is -0.380. The van der Waals surface area contributed by atoms with E-state index < -0.39 is 5.79 Å². The van der Waals surface area contributed by atoms with Gasteiger partial charge in [0.1, 0.15) is 0 Å². The van der Waals surface area contributed by atoms with Gasteiger partial charge in [-0.15, -0.1) is 0 Å². The zero-order valence-electron chi connectivity index (χ0n) is 9.27. The third-order valence-corrected chi connectivity index (χ3v) is 3.91. The van der Waals surface area contributed by atoms with E-state index in [2.05, 4.69) is 6.08 Å². The van der Waals surface area contributed by atoms with E-state index in [1.54, 1.807) is 0 Å². The van der Waals surface area contributed by atoms with Crippen molar-refractivity contribution in [3.05, 3.63) is 11.6 Å². The topological polar surface area (TPSA) is 38.7 Å². The van der Waals surface area contributed by atoms with E-state index in [-0.39, 0.29) is 18.8 Å². The Morgan fingerprint density at radius 1 is 1.47 bits per heavy atom. The van der Waals surface area contributed by atoms with Crippen LogP contribution in [0.15, 0.2) is 11.6 Å². The molecule has 84 valence electrons. The molecule has 0 unspecified atom stereocenters. The molecule has 1 saturated heterocycles. The lowest BCUT2D eigenvalue weighted by Gasteiger charge is -2.23. The van der Waals surface area contributed by atoms with Gasteiger partial charge in [0, 0.05) is 5.92 Å². The maximum absolute atomic E-state index is 9.30. The number of hydrogen-bond donors (Lipinski definition) is 1. The number of fused-ring (bicyclic) bond motifs is 3. The van der Waals surface area contributed by atoms with Crippen LogP contribution in [0, 0.1) is 11.8 Å². The van der Waals surface area contributed by atoms with Crippen LogP contribution in [0.3, 0.4) is 0 Å². The second kappa shape index (κ2) is 3.06. The molecule has 15 heavy (non-hydrogen) atoms. The van der Waals surface area contributed by atoms with Crippen molar-refractivity contribution in [2.45, 2.75) is 44.7 Å². The van der Waals surface area contributed by atoms with Crippen LogP contribution in [-0.4, -0.2) is 29.7 Å². The molecular weight excluding hydrogens is 192 g/mol. The Morgan fingerprint density at radius 2 is 2.27 bits per heavy atom. The highest BCUT2D eigenvalue weighted by molar-refractivity contribution is 5.22. The van der Waals surface area contributed by atoms with E-state index >= 15 is 0 Å². The summed E-state index contributed by atoms with van der Waals surface area (Å²) < 4.78 is 11.8. The Kier molecular flexibility index (Phi) is 2.00. The maximum atomic E-state index is 9.30. The van der Waals surface area contributed by atoms with Crippen LogP contribution in [0.1, 0.15) is 26.7 Å². The molecule has 4 atom stereocenters. The van der Waals surface area contributed by atoms with E-state index in [9.17, 15) is 5.11 Å². The predicted molar refractivity (Wildman–Crippen MR) is 55.2 cm³/mol. The quantitative estimate of drug-likeness (QED) is 0.666. The molecule has 2 fully saturated rings. The lowest BCUT2D eigenvalue weighted by molar-refractivity contribution is -0.157. The second-order valence-corrected chi connectivity index (χ2v) is 5.33. The summed E-state index contributed by atoms with van der Waals surface area (Å²) in [5, 5.41) is 9.30. The van der Waals surface area contributed by atoms with Crippen LogP contribution in [0.5, 0.6) is 0 Å². The van der Waals surface area contributed by atoms with Crippen LogP contribution >= 0.6 is 0 Å². The van der Waals surface area contributed by atoms with Gasteiger partial charge in [-0.2, -0.15) is 0 Å². The summed E-state index contributed by atoms with van der Waals surface area (Å²) in [7, 11) is 0. The summed E-state index contributed by atoms with van der Waals surface area (Å²) in [5.41, 5.74) is 1.16. The zero-order valence-corrected chi connectivity index (χ0v) is 9.27. The maximum Gasteiger partial charge on any atom is 0.163 e. The Morgan fingerprint density at radius 3 is 3.00 bits per heavy atom. The zero-order chi connectivity index (χ0) is 10.6. The van der Waals surface area contributed by atoms with Gasteiger partial charge in [0.25, 0.3) is 0 Å². The first kappa shape index (κ1) is 9.82. The molecule has 1 saturated carbocycles. The van der Waals surface area contributed by atoms with Gasteiger partial charge in [0.05, 0.1) is 18.8 Å². The predicted octanol–water partition coefficient (Wildman–Crippen LogP) is 1.46. The van der Waals surface area contributed by atoms with Crippen molar-refractivity contribution in [2.75, 3.05) is 6.61 Å². The molecule has 0 amide bonds. The monoisotopic (exact) mass is 210 g/mol. The van der Waals surface area contributed by atoms with Gasteiger partial charge in [-0.3, -0.25) is 0 Å². The van der Waals surface area contributed by atoms with E-state index in [0.29, 0.717) is 11.8 Å². The largest absolute Gasteiger partial charge is 0.392 e. The molecule has 0 aromatic carbocycles. The minimum atomic E-state index is -0.441. The van der Waals surface area contributed by atoms with Crippen molar-refractivity contribution in [1.29, 1.82) is 0 Å². The van der Waals surface area contributed by atoms with Crippen molar-refractivity contribution in [2.24, 2.45) is 11.8 Å². The summed E-state index contributed by atoms with van der Waals surface area (Å²) in [6.45, 7) is 4.11. The summed E-state index contributed by atoms with van der Waals surface area (Å²) in [6.07, 6.45) is 4.76. The molecule has 0 spiro atoms. The van der Waals surface area contributed by atoms with Crippen LogP contribution in [0.2, 0.25) is 0 Å². The van der Waals surface area contributed by atoms with Crippen molar-refractivity contribution < 1.29 is 14.6 Å².